The first-order chi connectivity index (χ1) is 18.4. The van der Waals surface area contributed by atoms with Gasteiger partial charge < -0.3 is 23.7 Å². The standard InChI is InChI=1S/C23H18BF3O3.2C4H12N/c25-19-8-1-5-16(13-19)22(17-6-2-9-20(26)14-17)11-4-12-23(22,30-24(28)29)18-7-3-10-21(27)15-18;2*1-5(2,3)4/h1-3,5-10,13-15H,4,11-12H2;2*1-4H3/q-2;2*+1. The smallest absolute Gasteiger partial charge is 0.123 e. The highest BCUT2D eigenvalue weighted by Crippen LogP contribution is 2.60. The van der Waals surface area contributed by atoms with E-state index in [1.54, 1.807) is 18.2 Å². The average molecular weight is 558 g/mol. The number of hydrogen-bond donors (Lipinski definition) is 0. The van der Waals surface area contributed by atoms with E-state index < -0.39 is 35.8 Å². The average Bonchev–Trinajstić information content (AvgIpc) is 3.17. The van der Waals surface area contributed by atoms with Crippen LogP contribution in [0.25, 0.3) is 0 Å². The minimum absolute atomic E-state index is 0.213. The predicted molar refractivity (Wildman–Crippen MR) is 150 cm³/mol. The van der Waals surface area contributed by atoms with Gasteiger partial charge in [-0.3, -0.25) is 0 Å². The summed E-state index contributed by atoms with van der Waals surface area (Å²) in [5.74, 6) is -1.61. The van der Waals surface area contributed by atoms with Crippen LogP contribution in [0, 0.1) is 17.5 Å². The Hall–Kier alpha value is -2.69. The van der Waals surface area contributed by atoms with Gasteiger partial charge in [-0.1, -0.05) is 36.4 Å². The topological polar surface area (TPSA) is 55.3 Å². The van der Waals surface area contributed by atoms with Crippen LogP contribution in [-0.2, 0) is 15.7 Å². The largest absolute Gasteiger partial charge is 0.871 e. The first-order valence-electron chi connectivity index (χ1n) is 13.2. The molecule has 1 fully saturated rings. The summed E-state index contributed by atoms with van der Waals surface area (Å²) < 4.78 is 50.2. The normalized spacial score (nSPS) is 18.2. The lowest BCUT2D eigenvalue weighted by Crippen LogP contribution is -2.58. The fraction of sp³-hybridized carbons (Fsp3) is 0.419. The monoisotopic (exact) mass is 558 g/mol. The van der Waals surface area contributed by atoms with Crippen LogP contribution < -0.4 is 10.0 Å². The molecule has 0 aliphatic heterocycles. The second kappa shape index (κ2) is 13.3. The van der Waals surface area contributed by atoms with Crippen LogP contribution in [0.5, 0.6) is 0 Å². The number of nitrogens with zero attached hydrogens (tertiary/aromatic N) is 2. The molecule has 218 valence electrons. The van der Waals surface area contributed by atoms with Gasteiger partial charge in [-0.25, -0.2) is 13.2 Å². The molecule has 1 saturated carbocycles. The molecule has 1 atom stereocenters. The second-order valence-electron chi connectivity index (χ2n) is 12.9. The molecule has 1 aliphatic rings. The summed E-state index contributed by atoms with van der Waals surface area (Å²) in [7, 11) is 14.3. The van der Waals surface area contributed by atoms with E-state index in [1.807, 2.05) is 0 Å². The summed E-state index contributed by atoms with van der Waals surface area (Å²) in [6, 6.07) is 16.9. The maximum Gasteiger partial charge on any atom is 0.123 e. The maximum absolute atomic E-state index is 14.3. The zero-order valence-electron chi connectivity index (χ0n) is 24.9. The Balaban J connectivity index is 0.000000482. The van der Waals surface area contributed by atoms with E-state index in [-0.39, 0.29) is 12.0 Å². The van der Waals surface area contributed by atoms with Crippen molar-refractivity contribution in [3.63, 3.8) is 0 Å². The van der Waals surface area contributed by atoms with E-state index >= 15 is 0 Å². The molecule has 0 spiro atoms. The molecule has 1 unspecified atom stereocenters. The number of benzene rings is 3. The van der Waals surface area contributed by atoms with Crippen LogP contribution in [0.15, 0.2) is 72.8 Å². The predicted octanol–water partition coefficient (Wildman–Crippen LogP) is 3.84. The number of rotatable bonds is 5. The van der Waals surface area contributed by atoms with Crippen molar-refractivity contribution in [1.29, 1.82) is 0 Å². The SMILES string of the molecule is C[N+](C)(C)C.C[N+](C)(C)C.[O-]B([O-])OC1(c2cccc(F)c2)CCCC1(c1cccc(F)c1)c1cccc(F)c1. The van der Waals surface area contributed by atoms with Crippen molar-refractivity contribution >= 4 is 7.32 Å². The van der Waals surface area contributed by atoms with Crippen molar-refractivity contribution in [2.75, 3.05) is 56.4 Å². The Morgan fingerprint density at radius 1 is 0.625 bits per heavy atom. The summed E-state index contributed by atoms with van der Waals surface area (Å²) in [4.78, 5) is 0. The lowest BCUT2D eigenvalue weighted by atomic mass is 9.62. The van der Waals surface area contributed by atoms with Gasteiger partial charge in [0, 0.05) is 0 Å². The van der Waals surface area contributed by atoms with Crippen molar-refractivity contribution in [2.24, 2.45) is 0 Å². The molecule has 4 rings (SSSR count). The van der Waals surface area contributed by atoms with Crippen molar-refractivity contribution in [2.45, 2.75) is 30.3 Å². The molecule has 0 N–H and O–H groups in total. The van der Waals surface area contributed by atoms with Crippen molar-refractivity contribution in [1.82, 2.24) is 0 Å². The van der Waals surface area contributed by atoms with Crippen molar-refractivity contribution in [3.05, 3.63) is 107 Å². The Labute approximate surface area is 237 Å². The van der Waals surface area contributed by atoms with Gasteiger partial charge >= 0.3 is 0 Å². The minimum atomic E-state index is -2.67. The third-order valence-corrected chi connectivity index (χ3v) is 5.99. The Morgan fingerprint density at radius 2 is 0.975 bits per heavy atom. The van der Waals surface area contributed by atoms with Gasteiger partial charge in [-0.15, -0.1) is 0 Å². The van der Waals surface area contributed by atoms with Gasteiger partial charge in [-0.2, -0.15) is 0 Å². The quantitative estimate of drug-likeness (QED) is 0.354. The molecular formula is C31H42BF3N2O3. The summed E-state index contributed by atoms with van der Waals surface area (Å²) in [5.41, 5.74) is -1.72. The molecule has 0 saturated heterocycles. The minimum Gasteiger partial charge on any atom is -0.871 e. The maximum atomic E-state index is 14.3. The molecule has 0 aromatic heterocycles. The van der Waals surface area contributed by atoms with Gasteiger partial charge in [0.15, 0.2) is 0 Å². The third kappa shape index (κ3) is 9.18. The van der Waals surface area contributed by atoms with Crippen LogP contribution in [0.2, 0.25) is 0 Å². The van der Waals surface area contributed by atoms with Crippen molar-refractivity contribution < 1.29 is 36.8 Å². The molecule has 0 bridgehead atoms. The molecule has 5 nitrogen and oxygen atoms in total. The zero-order valence-corrected chi connectivity index (χ0v) is 24.9. The van der Waals surface area contributed by atoms with E-state index in [0.29, 0.717) is 24.0 Å². The number of hydrogen-bond acceptors (Lipinski definition) is 3. The van der Waals surface area contributed by atoms with Gasteiger partial charge in [0.1, 0.15) is 17.5 Å². The molecule has 0 amide bonds. The highest BCUT2D eigenvalue weighted by molar-refractivity contribution is 6.28. The molecule has 1 aliphatic carbocycles. The third-order valence-electron chi connectivity index (χ3n) is 5.99. The molecule has 0 heterocycles. The first-order valence-corrected chi connectivity index (χ1v) is 13.2. The molecule has 9 heteroatoms. The summed E-state index contributed by atoms with van der Waals surface area (Å²) >= 11 is 0. The van der Waals surface area contributed by atoms with E-state index in [1.165, 1.54) is 54.6 Å². The van der Waals surface area contributed by atoms with E-state index in [4.69, 9.17) is 4.65 Å². The fourth-order valence-electron chi connectivity index (χ4n) is 4.97. The lowest BCUT2D eigenvalue weighted by Gasteiger charge is -2.52. The summed E-state index contributed by atoms with van der Waals surface area (Å²) in [5, 5.41) is 23.6. The first kappa shape index (κ1) is 33.5. The fourth-order valence-corrected chi connectivity index (χ4v) is 4.97. The molecule has 40 heavy (non-hydrogen) atoms. The molecule has 3 aromatic rings. The van der Waals surface area contributed by atoms with Crippen LogP contribution in [0.1, 0.15) is 36.0 Å². The van der Waals surface area contributed by atoms with E-state index in [9.17, 15) is 23.2 Å². The van der Waals surface area contributed by atoms with Gasteiger partial charge in [0.2, 0.25) is 0 Å². The van der Waals surface area contributed by atoms with Crippen LogP contribution in [-0.4, -0.2) is 72.7 Å². The Bertz CT molecular complexity index is 1180. The summed E-state index contributed by atoms with van der Waals surface area (Å²) in [6.07, 6.45) is 1.06. The zero-order chi connectivity index (χ0) is 30.4. The second-order valence-corrected chi connectivity index (χ2v) is 12.9. The van der Waals surface area contributed by atoms with Gasteiger partial charge in [-0.05, 0) is 72.4 Å². The van der Waals surface area contributed by atoms with Crippen LogP contribution in [0.4, 0.5) is 13.2 Å². The van der Waals surface area contributed by atoms with Gasteiger partial charge in [0.05, 0.1) is 74.7 Å². The van der Waals surface area contributed by atoms with E-state index in [2.05, 4.69) is 56.4 Å². The number of halogens is 3. The highest BCUT2D eigenvalue weighted by atomic mass is 19.1. The highest BCUT2D eigenvalue weighted by Gasteiger charge is 2.58. The number of quaternary nitrogens is 2. The van der Waals surface area contributed by atoms with Crippen LogP contribution >= 0.6 is 0 Å². The lowest BCUT2D eigenvalue weighted by molar-refractivity contribution is -0.849. The Kier molecular flexibility index (Phi) is 11.2. The summed E-state index contributed by atoms with van der Waals surface area (Å²) in [6.45, 7) is 0. The Morgan fingerprint density at radius 3 is 1.32 bits per heavy atom. The van der Waals surface area contributed by atoms with E-state index in [0.717, 1.165) is 8.97 Å². The van der Waals surface area contributed by atoms with Crippen LogP contribution in [0.3, 0.4) is 0 Å². The van der Waals surface area contributed by atoms with Crippen molar-refractivity contribution in [3.8, 4) is 0 Å². The molecule has 3 aromatic carbocycles. The van der Waals surface area contributed by atoms with Gasteiger partial charge in [0.25, 0.3) is 0 Å². The molecule has 0 radical (unpaired) electrons. The molecular weight excluding hydrogens is 516 g/mol.